The van der Waals surface area contributed by atoms with Gasteiger partial charge in [0.1, 0.15) is 0 Å². The molecule has 0 heterocycles. The molecule has 14 heavy (non-hydrogen) atoms. The Bertz CT molecular complexity index is 357. The van der Waals surface area contributed by atoms with Crippen molar-refractivity contribution >= 4 is 15.9 Å². The van der Waals surface area contributed by atoms with Crippen molar-refractivity contribution in [2.24, 2.45) is 0 Å². The van der Waals surface area contributed by atoms with E-state index in [0.29, 0.717) is 0 Å². The van der Waals surface area contributed by atoms with Crippen molar-refractivity contribution < 1.29 is 5.11 Å². The fraction of sp³-hybridized carbons (Fsp3) is 0.500. The molecule has 1 atom stereocenters. The third kappa shape index (κ3) is 1.61. The van der Waals surface area contributed by atoms with Crippen LogP contribution in [-0.2, 0) is 5.41 Å². The molecule has 1 aromatic rings. The lowest BCUT2D eigenvalue weighted by Crippen LogP contribution is -2.26. The minimum atomic E-state index is -0.282. The zero-order chi connectivity index (χ0) is 10.3. The highest BCUT2D eigenvalue weighted by atomic mass is 79.9. The first-order chi connectivity index (χ1) is 6.50. The van der Waals surface area contributed by atoms with Gasteiger partial charge in [-0.25, -0.2) is 0 Å². The topological polar surface area (TPSA) is 20.2 Å². The van der Waals surface area contributed by atoms with Crippen molar-refractivity contribution in [3.8, 4) is 0 Å². The van der Waals surface area contributed by atoms with E-state index in [-0.39, 0.29) is 11.5 Å². The van der Waals surface area contributed by atoms with Gasteiger partial charge in [-0.2, -0.15) is 0 Å². The number of rotatable bonds is 0. The molecule has 2 heteroatoms. The molecule has 0 aliphatic heterocycles. The van der Waals surface area contributed by atoms with Crippen molar-refractivity contribution in [3.05, 3.63) is 33.8 Å². The molecule has 0 saturated heterocycles. The quantitative estimate of drug-likeness (QED) is 0.751. The molecule has 0 amide bonds. The minimum absolute atomic E-state index is 0.204. The molecule has 0 fully saturated rings. The van der Waals surface area contributed by atoms with Gasteiger partial charge in [-0.1, -0.05) is 35.8 Å². The van der Waals surface area contributed by atoms with Gasteiger partial charge in [-0.05, 0) is 41.5 Å². The van der Waals surface area contributed by atoms with Gasteiger partial charge in [0.2, 0.25) is 0 Å². The van der Waals surface area contributed by atoms with Crippen molar-refractivity contribution in [1.29, 1.82) is 0 Å². The van der Waals surface area contributed by atoms with Gasteiger partial charge in [0.05, 0.1) is 6.10 Å². The molecule has 1 aliphatic rings. The monoisotopic (exact) mass is 254 g/mol. The zero-order valence-electron chi connectivity index (χ0n) is 8.55. The van der Waals surface area contributed by atoms with Crippen LogP contribution in [0.3, 0.4) is 0 Å². The molecule has 2 rings (SSSR count). The molecular weight excluding hydrogens is 240 g/mol. The first-order valence-electron chi connectivity index (χ1n) is 4.99. The number of hydrogen-bond acceptors (Lipinski definition) is 1. The van der Waals surface area contributed by atoms with Crippen molar-refractivity contribution in [2.75, 3.05) is 0 Å². The van der Waals surface area contributed by atoms with E-state index in [4.69, 9.17) is 0 Å². The zero-order valence-corrected chi connectivity index (χ0v) is 10.1. The summed E-state index contributed by atoms with van der Waals surface area (Å²) in [5, 5.41) is 9.90. The summed E-state index contributed by atoms with van der Waals surface area (Å²) in [6.07, 6.45) is 1.65. The molecule has 0 saturated carbocycles. The Kier molecular flexibility index (Phi) is 2.44. The molecule has 1 aromatic carbocycles. The van der Waals surface area contributed by atoms with Gasteiger partial charge >= 0.3 is 0 Å². The molecule has 1 aliphatic carbocycles. The highest BCUT2D eigenvalue weighted by Gasteiger charge is 2.31. The summed E-state index contributed by atoms with van der Waals surface area (Å²) < 4.78 is 1.05. The molecular formula is C12H15BrO. The van der Waals surface area contributed by atoms with Gasteiger partial charge in [-0.15, -0.1) is 0 Å². The lowest BCUT2D eigenvalue weighted by molar-refractivity contribution is 0.139. The Labute approximate surface area is 93.3 Å². The van der Waals surface area contributed by atoms with Crippen LogP contribution in [0.25, 0.3) is 0 Å². The van der Waals surface area contributed by atoms with Crippen LogP contribution in [0.4, 0.5) is 0 Å². The summed E-state index contributed by atoms with van der Waals surface area (Å²) in [6, 6.07) is 6.22. The van der Waals surface area contributed by atoms with Crippen molar-refractivity contribution in [1.82, 2.24) is 0 Å². The first kappa shape index (κ1) is 10.2. The van der Waals surface area contributed by atoms with E-state index in [1.54, 1.807) is 0 Å². The highest BCUT2D eigenvalue weighted by molar-refractivity contribution is 9.10. The maximum Gasteiger partial charge on any atom is 0.0793 e. The number of fused-ring (bicyclic) bond motifs is 1. The van der Waals surface area contributed by atoms with Crippen LogP contribution in [0.15, 0.2) is 22.7 Å². The fourth-order valence-electron chi connectivity index (χ4n) is 2.21. The summed E-state index contributed by atoms with van der Waals surface area (Å²) in [5.41, 5.74) is 2.59. The van der Waals surface area contributed by atoms with E-state index >= 15 is 0 Å². The molecule has 1 unspecified atom stereocenters. The predicted octanol–water partition coefficient (Wildman–Crippen LogP) is 3.55. The average molecular weight is 255 g/mol. The molecule has 1 N–H and O–H groups in total. The SMILES string of the molecule is CC1(C)CCC(O)c2cc(Br)ccc21. The summed E-state index contributed by atoms with van der Waals surface area (Å²) >= 11 is 3.44. The molecule has 0 aromatic heterocycles. The fourth-order valence-corrected chi connectivity index (χ4v) is 2.59. The van der Waals surface area contributed by atoms with E-state index in [9.17, 15) is 5.11 Å². The van der Waals surface area contributed by atoms with Gasteiger partial charge < -0.3 is 5.11 Å². The number of halogens is 1. The van der Waals surface area contributed by atoms with Crippen molar-refractivity contribution in [2.45, 2.75) is 38.2 Å². The summed E-state index contributed by atoms with van der Waals surface area (Å²) in [4.78, 5) is 0. The summed E-state index contributed by atoms with van der Waals surface area (Å²) in [6.45, 7) is 4.48. The van der Waals surface area contributed by atoms with Crippen LogP contribution in [0, 0.1) is 0 Å². The first-order valence-corrected chi connectivity index (χ1v) is 5.78. The van der Waals surface area contributed by atoms with Crippen LogP contribution >= 0.6 is 15.9 Å². The maximum absolute atomic E-state index is 9.90. The molecule has 0 radical (unpaired) electrons. The lowest BCUT2D eigenvalue weighted by atomic mass is 9.72. The standard InChI is InChI=1S/C12H15BrO/c1-12(2)6-5-11(14)9-7-8(13)3-4-10(9)12/h3-4,7,11,14H,5-6H2,1-2H3. The van der Waals surface area contributed by atoms with Crippen LogP contribution in [0.2, 0.25) is 0 Å². The van der Waals surface area contributed by atoms with Crippen LogP contribution < -0.4 is 0 Å². The van der Waals surface area contributed by atoms with E-state index in [1.165, 1.54) is 5.56 Å². The average Bonchev–Trinajstić information content (AvgIpc) is 2.12. The number of aliphatic hydroxyl groups excluding tert-OH is 1. The second-order valence-electron chi connectivity index (χ2n) is 4.67. The Hall–Kier alpha value is -0.340. The largest absolute Gasteiger partial charge is 0.388 e. The molecule has 1 nitrogen and oxygen atoms in total. The van der Waals surface area contributed by atoms with E-state index in [2.05, 4.69) is 41.9 Å². The lowest BCUT2D eigenvalue weighted by Gasteiger charge is -2.35. The maximum atomic E-state index is 9.90. The highest BCUT2D eigenvalue weighted by Crippen LogP contribution is 2.42. The normalized spacial score (nSPS) is 24.4. The Morgan fingerprint density at radius 3 is 2.86 bits per heavy atom. The third-order valence-electron chi connectivity index (χ3n) is 3.14. The third-order valence-corrected chi connectivity index (χ3v) is 3.64. The van der Waals surface area contributed by atoms with Crippen LogP contribution in [0.1, 0.15) is 43.9 Å². The van der Waals surface area contributed by atoms with Gasteiger partial charge in [-0.3, -0.25) is 0 Å². The Morgan fingerprint density at radius 1 is 1.43 bits per heavy atom. The second-order valence-corrected chi connectivity index (χ2v) is 5.59. The van der Waals surface area contributed by atoms with Gasteiger partial charge in [0, 0.05) is 4.47 Å². The number of benzene rings is 1. The van der Waals surface area contributed by atoms with E-state index in [1.807, 2.05) is 6.07 Å². The van der Waals surface area contributed by atoms with Crippen LogP contribution in [0.5, 0.6) is 0 Å². The van der Waals surface area contributed by atoms with Gasteiger partial charge in [0.25, 0.3) is 0 Å². The summed E-state index contributed by atoms with van der Waals surface area (Å²) in [7, 11) is 0. The Morgan fingerprint density at radius 2 is 2.14 bits per heavy atom. The summed E-state index contributed by atoms with van der Waals surface area (Å²) in [5.74, 6) is 0. The second kappa shape index (κ2) is 3.35. The molecule has 76 valence electrons. The van der Waals surface area contributed by atoms with E-state index < -0.39 is 0 Å². The molecule has 0 bridgehead atoms. The van der Waals surface area contributed by atoms with E-state index in [0.717, 1.165) is 22.9 Å². The number of hydrogen-bond donors (Lipinski definition) is 1. The van der Waals surface area contributed by atoms with Crippen molar-refractivity contribution in [3.63, 3.8) is 0 Å². The minimum Gasteiger partial charge on any atom is -0.388 e. The van der Waals surface area contributed by atoms with Crippen LogP contribution in [-0.4, -0.2) is 5.11 Å². The smallest absolute Gasteiger partial charge is 0.0793 e. The Balaban J connectivity index is 2.57. The predicted molar refractivity (Wildman–Crippen MR) is 61.4 cm³/mol. The number of aliphatic hydroxyl groups is 1. The molecule has 0 spiro atoms. The van der Waals surface area contributed by atoms with Gasteiger partial charge in [0.15, 0.2) is 0 Å².